The first-order chi connectivity index (χ1) is 15.4. The number of carbonyl (C=O) groups is 1. The highest BCUT2D eigenvalue weighted by molar-refractivity contribution is 5.67. The molecular formula is C27H53NO4. The van der Waals surface area contributed by atoms with Gasteiger partial charge in [-0.15, -0.1) is 0 Å². The van der Waals surface area contributed by atoms with Gasteiger partial charge in [-0.05, 0) is 33.1 Å². The fourth-order valence-corrected chi connectivity index (χ4v) is 4.57. The van der Waals surface area contributed by atoms with Crippen molar-refractivity contribution in [3.63, 3.8) is 0 Å². The van der Waals surface area contributed by atoms with Crippen LogP contribution in [0.3, 0.4) is 0 Å². The summed E-state index contributed by atoms with van der Waals surface area (Å²) in [7, 11) is 0. The van der Waals surface area contributed by atoms with E-state index in [-0.39, 0.29) is 19.3 Å². The van der Waals surface area contributed by atoms with Crippen molar-refractivity contribution in [2.45, 2.75) is 148 Å². The summed E-state index contributed by atoms with van der Waals surface area (Å²) in [5, 5.41) is 12.2. The molecule has 1 saturated heterocycles. The fourth-order valence-electron chi connectivity index (χ4n) is 4.57. The third-order valence-electron chi connectivity index (χ3n) is 6.82. The number of hydrogen-bond acceptors (Lipinski definition) is 4. The van der Waals surface area contributed by atoms with Gasteiger partial charge in [-0.25, -0.2) is 4.79 Å². The van der Waals surface area contributed by atoms with Gasteiger partial charge in [0.15, 0.2) is 0 Å². The predicted octanol–water partition coefficient (Wildman–Crippen LogP) is 7.29. The average molecular weight is 456 g/mol. The van der Waals surface area contributed by atoms with Crippen molar-refractivity contribution in [3.8, 4) is 0 Å². The lowest BCUT2D eigenvalue weighted by atomic mass is 9.99. The normalized spacial score (nSPS) is 22.9. The van der Waals surface area contributed by atoms with E-state index in [9.17, 15) is 9.90 Å². The molecule has 2 N–H and O–H groups in total. The molecule has 1 amide bonds. The number of hydrogen-bond donors (Lipinski definition) is 2. The Morgan fingerprint density at radius 1 is 0.781 bits per heavy atom. The molecule has 1 fully saturated rings. The Bertz CT molecular complexity index is 473. The van der Waals surface area contributed by atoms with Crippen LogP contribution in [0, 0.1) is 0 Å². The minimum Gasteiger partial charge on any atom is -0.447 e. The molecule has 0 aromatic carbocycles. The molecule has 0 radical (unpaired) electrons. The highest BCUT2D eigenvalue weighted by Gasteiger charge is 2.44. The second-order valence-corrected chi connectivity index (χ2v) is 10.5. The zero-order valence-corrected chi connectivity index (χ0v) is 21.5. The van der Waals surface area contributed by atoms with Gasteiger partial charge in [0.05, 0.1) is 12.2 Å². The summed E-state index contributed by atoms with van der Waals surface area (Å²) in [5.41, 5.74) is -1.01. The lowest BCUT2D eigenvalue weighted by molar-refractivity contribution is -0.125. The van der Waals surface area contributed by atoms with Crippen LogP contribution in [0.1, 0.15) is 136 Å². The first-order valence-electron chi connectivity index (χ1n) is 13.6. The molecule has 5 nitrogen and oxygen atoms in total. The summed E-state index contributed by atoms with van der Waals surface area (Å²) in [5.74, 6) is 0. The van der Waals surface area contributed by atoms with Crippen LogP contribution in [-0.4, -0.2) is 42.2 Å². The number of aliphatic hydroxyl groups excluding tert-OH is 1. The summed E-state index contributed by atoms with van der Waals surface area (Å²) in [6.07, 6.45) is 22.8. The van der Waals surface area contributed by atoms with Gasteiger partial charge in [-0.2, -0.15) is 0 Å². The maximum absolute atomic E-state index is 11.9. The second-order valence-electron chi connectivity index (χ2n) is 10.5. The van der Waals surface area contributed by atoms with Crippen LogP contribution in [0.2, 0.25) is 0 Å². The molecule has 0 spiro atoms. The van der Waals surface area contributed by atoms with Gasteiger partial charge >= 0.3 is 6.09 Å². The molecule has 0 aromatic heterocycles. The monoisotopic (exact) mass is 455 g/mol. The first-order valence-corrected chi connectivity index (χ1v) is 13.6. The maximum Gasteiger partial charge on any atom is 0.407 e. The summed E-state index contributed by atoms with van der Waals surface area (Å²) in [4.78, 5) is 11.9. The number of ether oxygens (including phenoxy) is 2. The standard InChI is InChI=1S/C27H53NO4/c1-4-5-6-7-8-9-10-11-12-13-14-15-16-17-18-19-22-28-25(30)31-24-27(3)21-20-26(2,23-29)32-27/h29H,4-24H2,1-3H3,(H,28,30)/t26-,27+/m0/s1. The van der Waals surface area contributed by atoms with Crippen LogP contribution in [-0.2, 0) is 9.47 Å². The zero-order chi connectivity index (χ0) is 23.5. The Morgan fingerprint density at radius 3 is 1.66 bits per heavy atom. The second kappa shape index (κ2) is 17.6. The van der Waals surface area contributed by atoms with Crippen LogP contribution >= 0.6 is 0 Å². The van der Waals surface area contributed by atoms with E-state index in [1.165, 1.54) is 89.9 Å². The molecule has 0 aliphatic carbocycles. The number of aliphatic hydroxyl groups is 1. The van der Waals surface area contributed by atoms with Crippen LogP contribution in [0.5, 0.6) is 0 Å². The van der Waals surface area contributed by atoms with Gasteiger partial charge in [0.1, 0.15) is 12.2 Å². The van der Waals surface area contributed by atoms with Crippen molar-refractivity contribution in [3.05, 3.63) is 0 Å². The summed E-state index contributed by atoms with van der Waals surface area (Å²) < 4.78 is 11.3. The van der Waals surface area contributed by atoms with Gasteiger partial charge in [0.2, 0.25) is 0 Å². The number of alkyl carbamates (subject to hydrolysis) is 1. The molecule has 0 unspecified atom stereocenters. The lowest BCUT2D eigenvalue weighted by Crippen LogP contribution is -2.39. The number of nitrogens with one attached hydrogen (secondary N) is 1. The van der Waals surface area contributed by atoms with E-state index in [0.717, 1.165) is 25.7 Å². The highest BCUT2D eigenvalue weighted by Crippen LogP contribution is 2.37. The van der Waals surface area contributed by atoms with Gasteiger partial charge in [-0.3, -0.25) is 0 Å². The van der Waals surface area contributed by atoms with E-state index in [1.807, 2.05) is 13.8 Å². The Balaban J connectivity index is 1.82. The van der Waals surface area contributed by atoms with Gasteiger partial charge < -0.3 is 19.9 Å². The van der Waals surface area contributed by atoms with Crippen molar-refractivity contribution in [1.82, 2.24) is 5.32 Å². The maximum atomic E-state index is 11.9. The summed E-state index contributed by atoms with van der Waals surface area (Å²) in [6.45, 7) is 7.01. The number of unbranched alkanes of at least 4 members (excludes halogenated alkanes) is 15. The van der Waals surface area contributed by atoms with Crippen molar-refractivity contribution in [1.29, 1.82) is 0 Å². The molecule has 0 saturated carbocycles. The Morgan fingerprint density at radius 2 is 1.22 bits per heavy atom. The van der Waals surface area contributed by atoms with Crippen LogP contribution in [0.15, 0.2) is 0 Å². The molecule has 32 heavy (non-hydrogen) atoms. The number of amides is 1. The first kappa shape index (κ1) is 29.2. The largest absolute Gasteiger partial charge is 0.447 e. The Labute approximate surface area is 198 Å². The van der Waals surface area contributed by atoms with Gasteiger partial charge in [-0.1, -0.05) is 103 Å². The Kier molecular flexibility index (Phi) is 16.1. The zero-order valence-electron chi connectivity index (χ0n) is 21.5. The van der Waals surface area contributed by atoms with E-state index in [1.54, 1.807) is 0 Å². The van der Waals surface area contributed by atoms with Crippen molar-refractivity contribution in [2.24, 2.45) is 0 Å². The van der Waals surface area contributed by atoms with E-state index >= 15 is 0 Å². The lowest BCUT2D eigenvalue weighted by Gasteiger charge is -2.28. The molecule has 0 aromatic rings. The molecule has 1 rings (SSSR count). The number of rotatable bonds is 20. The fraction of sp³-hybridized carbons (Fsp3) is 0.963. The summed E-state index contributed by atoms with van der Waals surface area (Å²) >= 11 is 0. The van der Waals surface area contributed by atoms with Gasteiger partial charge in [0.25, 0.3) is 0 Å². The molecule has 5 heteroatoms. The van der Waals surface area contributed by atoms with E-state index in [4.69, 9.17) is 9.47 Å². The van der Waals surface area contributed by atoms with Gasteiger partial charge in [0, 0.05) is 6.54 Å². The average Bonchev–Trinajstić information content (AvgIpc) is 3.10. The third kappa shape index (κ3) is 14.4. The van der Waals surface area contributed by atoms with Crippen molar-refractivity contribution in [2.75, 3.05) is 19.8 Å². The van der Waals surface area contributed by atoms with E-state index < -0.39 is 11.2 Å². The highest BCUT2D eigenvalue weighted by atomic mass is 16.6. The molecule has 1 aliphatic rings. The van der Waals surface area contributed by atoms with E-state index in [0.29, 0.717) is 6.54 Å². The number of carbonyl (C=O) groups excluding carboxylic acids is 1. The molecule has 190 valence electrons. The topological polar surface area (TPSA) is 67.8 Å². The van der Waals surface area contributed by atoms with E-state index in [2.05, 4.69) is 12.2 Å². The van der Waals surface area contributed by atoms with Crippen LogP contribution in [0.25, 0.3) is 0 Å². The molecule has 2 atom stereocenters. The third-order valence-corrected chi connectivity index (χ3v) is 6.82. The smallest absolute Gasteiger partial charge is 0.407 e. The predicted molar refractivity (Wildman–Crippen MR) is 133 cm³/mol. The SMILES string of the molecule is CCCCCCCCCCCCCCCCCCNC(=O)OC[C@@]1(C)CC[C@@](C)(CO)O1. The van der Waals surface area contributed by atoms with Crippen molar-refractivity contribution < 1.29 is 19.4 Å². The Hall–Kier alpha value is -0.810. The molecule has 1 aliphatic heterocycles. The molecule has 1 heterocycles. The van der Waals surface area contributed by atoms with Crippen LogP contribution < -0.4 is 5.32 Å². The van der Waals surface area contributed by atoms with Crippen LogP contribution in [0.4, 0.5) is 4.79 Å². The molecule has 0 bridgehead atoms. The molecular weight excluding hydrogens is 402 g/mol. The minimum atomic E-state index is -0.512. The minimum absolute atomic E-state index is 0.00591. The summed E-state index contributed by atoms with van der Waals surface area (Å²) in [6, 6.07) is 0. The quantitative estimate of drug-likeness (QED) is 0.189. The van der Waals surface area contributed by atoms with Crippen molar-refractivity contribution >= 4 is 6.09 Å².